The van der Waals surface area contributed by atoms with Crippen molar-refractivity contribution < 1.29 is 13.7 Å². The van der Waals surface area contributed by atoms with E-state index in [4.69, 9.17) is 10.7 Å². The number of halogens is 1. The van der Waals surface area contributed by atoms with Gasteiger partial charge in [0.05, 0.1) is 7.11 Å². The SMILES string of the molecule is COC(=O)NS(=O)Cl. The molecule has 0 heterocycles. The highest BCUT2D eigenvalue weighted by Gasteiger charge is 1.98. The van der Waals surface area contributed by atoms with Gasteiger partial charge in [0.25, 0.3) is 0 Å². The first-order chi connectivity index (χ1) is 3.66. The zero-order chi connectivity index (χ0) is 6.57. The summed E-state index contributed by atoms with van der Waals surface area (Å²) in [4.78, 5) is 10.0. The Kier molecular flexibility index (Phi) is 3.55. The molecule has 0 saturated heterocycles. The van der Waals surface area contributed by atoms with E-state index in [0.29, 0.717) is 0 Å². The molecular formula is C2H4ClNO3S. The molecule has 0 aliphatic rings. The fourth-order valence-electron chi connectivity index (χ4n) is 0.107. The van der Waals surface area contributed by atoms with Crippen LogP contribution < -0.4 is 4.72 Å². The molecule has 0 aromatic carbocycles. The van der Waals surface area contributed by atoms with Crippen LogP contribution in [0.1, 0.15) is 0 Å². The fourth-order valence-corrected chi connectivity index (χ4v) is 0.511. The van der Waals surface area contributed by atoms with Crippen molar-refractivity contribution in [3.05, 3.63) is 0 Å². The van der Waals surface area contributed by atoms with E-state index in [1.807, 2.05) is 0 Å². The summed E-state index contributed by atoms with van der Waals surface area (Å²) >= 11 is 0. The monoisotopic (exact) mass is 157 g/mol. The minimum absolute atomic E-state index is 0.807. The van der Waals surface area contributed by atoms with E-state index in [1.165, 1.54) is 0 Å². The van der Waals surface area contributed by atoms with E-state index in [2.05, 4.69) is 4.74 Å². The summed E-state index contributed by atoms with van der Waals surface area (Å²) in [5.41, 5.74) is 0. The molecule has 0 fully saturated rings. The summed E-state index contributed by atoms with van der Waals surface area (Å²) in [5.74, 6) is 0. The highest BCUT2D eigenvalue weighted by Crippen LogP contribution is 1.81. The highest BCUT2D eigenvalue weighted by atomic mass is 35.7. The van der Waals surface area contributed by atoms with Crippen LogP contribution in [0.25, 0.3) is 0 Å². The maximum absolute atomic E-state index is 10.0. The standard InChI is InChI=1S/C2H4ClNO3S/c1-7-2(5)4-8(3)6/h1H3,(H,4,5). The van der Waals surface area contributed by atoms with Gasteiger partial charge in [-0.25, -0.2) is 13.7 Å². The second-order valence-corrected chi connectivity index (χ2v) is 2.31. The van der Waals surface area contributed by atoms with Crippen molar-refractivity contribution in [2.45, 2.75) is 0 Å². The van der Waals surface area contributed by atoms with Crippen LogP contribution >= 0.6 is 10.7 Å². The van der Waals surface area contributed by atoms with Crippen LogP contribution in [0.15, 0.2) is 0 Å². The van der Waals surface area contributed by atoms with Crippen LogP contribution in [0.5, 0.6) is 0 Å². The molecule has 0 saturated carbocycles. The van der Waals surface area contributed by atoms with Crippen LogP contribution in [-0.2, 0) is 14.9 Å². The van der Waals surface area contributed by atoms with Crippen LogP contribution in [0.4, 0.5) is 4.79 Å². The molecule has 0 aliphatic heterocycles. The van der Waals surface area contributed by atoms with Gasteiger partial charge in [-0.3, -0.25) is 0 Å². The molecule has 1 unspecified atom stereocenters. The molecule has 0 spiro atoms. The number of methoxy groups -OCH3 is 1. The third kappa shape index (κ3) is 3.89. The van der Waals surface area contributed by atoms with Crippen molar-refractivity contribution in [2.75, 3.05) is 7.11 Å². The lowest BCUT2D eigenvalue weighted by molar-refractivity contribution is 0.178. The molecule has 1 amide bonds. The smallest absolute Gasteiger partial charge is 0.419 e. The normalized spacial score (nSPS) is 12.2. The minimum Gasteiger partial charge on any atom is -0.452 e. The number of rotatable bonds is 1. The number of amides is 1. The van der Waals surface area contributed by atoms with Crippen LogP contribution in [0, 0.1) is 0 Å². The largest absolute Gasteiger partial charge is 0.452 e. The molecule has 0 aliphatic carbocycles. The average molecular weight is 158 g/mol. The van der Waals surface area contributed by atoms with Gasteiger partial charge in [0, 0.05) is 10.7 Å². The number of carbonyl (C=O) groups excluding carboxylic acids is 1. The predicted molar refractivity (Wildman–Crippen MR) is 29.5 cm³/mol. The summed E-state index contributed by atoms with van der Waals surface area (Å²) in [6.45, 7) is 0. The lowest BCUT2D eigenvalue weighted by Gasteiger charge is -1.93. The topological polar surface area (TPSA) is 55.4 Å². The van der Waals surface area contributed by atoms with Gasteiger partial charge in [-0.05, 0) is 0 Å². The van der Waals surface area contributed by atoms with Crippen molar-refractivity contribution in [1.29, 1.82) is 0 Å². The third-order valence-corrected chi connectivity index (χ3v) is 0.908. The molecule has 6 heteroatoms. The van der Waals surface area contributed by atoms with Gasteiger partial charge in [-0.2, -0.15) is 0 Å². The first-order valence-corrected chi connectivity index (χ1v) is 3.57. The Balaban J connectivity index is 3.40. The summed E-state index contributed by atoms with van der Waals surface area (Å²) in [6.07, 6.45) is -0.807. The third-order valence-electron chi connectivity index (χ3n) is 0.349. The van der Waals surface area contributed by atoms with E-state index in [0.717, 1.165) is 7.11 Å². The van der Waals surface area contributed by atoms with E-state index in [9.17, 15) is 9.00 Å². The molecule has 0 rings (SSSR count). The van der Waals surface area contributed by atoms with Crippen molar-refractivity contribution in [2.24, 2.45) is 0 Å². The lowest BCUT2D eigenvalue weighted by atomic mass is 11.2. The van der Waals surface area contributed by atoms with Crippen molar-refractivity contribution in [3.8, 4) is 0 Å². The molecule has 0 radical (unpaired) electrons. The number of hydrogen-bond donors (Lipinski definition) is 1. The second kappa shape index (κ2) is 3.68. The summed E-state index contributed by atoms with van der Waals surface area (Å²) in [7, 11) is 4.12. The van der Waals surface area contributed by atoms with Gasteiger partial charge in [0.15, 0.2) is 0 Å². The number of carbonyl (C=O) groups is 1. The Bertz CT molecular complexity index is 116. The van der Waals surface area contributed by atoms with Crippen LogP contribution in [0.2, 0.25) is 0 Å². The van der Waals surface area contributed by atoms with Crippen molar-refractivity contribution >= 4 is 27.0 Å². The van der Waals surface area contributed by atoms with Gasteiger partial charge in [-0.1, -0.05) is 0 Å². The van der Waals surface area contributed by atoms with Crippen molar-refractivity contribution in [1.82, 2.24) is 4.72 Å². The number of ether oxygens (including phenoxy) is 1. The van der Waals surface area contributed by atoms with Gasteiger partial charge < -0.3 is 4.74 Å². The molecule has 8 heavy (non-hydrogen) atoms. The Labute approximate surface area is 53.2 Å². The van der Waals surface area contributed by atoms with Gasteiger partial charge in [0.1, 0.15) is 0 Å². The van der Waals surface area contributed by atoms with E-state index in [-0.39, 0.29) is 0 Å². The van der Waals surface area contributed by atoms with E-state index < -0.39 is 16.3 Å². The zero-order valence-corrected chi connectivity index (χ0v) is 5.58. The molecule has 4 nitrogen and oxygen atoms in total. The average Bonchev–Trinajstić information content (AvgIpc) is 1.65. The summed E-state index contributed by atoms with van der Waals surface area (Å²) in [6, 6.07) is 0. The minimum atomic E-state index is -1.85. The predicted octanol–water partition coefficient (Wildman–Crippen LogP) is 0.160. The first kappa shape index (κ1) is 7.71. The molecule has 1 atom stereocenters. The molecule has 0 bridgehead atoms. The lowest BCUT2D eigenvalue weighted by Crippen LogP contribution is -2.21. The fraction of sp³-hybridized carbons (Fsp3) is 0.500. The van der Waals surface area contributed by atoms with E-state index >= 15 is 0 Å². The van der Waals surface area contributed by atoms with Crippen LogP contribution in [-0.4, -0.2) is 17.4 Å². The molecule has 0 aromatic heterocycles. The number of nitrogens with one attached hydrogen (secondary N) is 1. The molecule has 48 valence electrons. The Morgan fingerprint density at radius 2 is 2.38 bits per heavy atom. The molecule has 0 aromatic rings. The zero-order valence-electron chi connectivity index (χ0n) is 4.01. The maximum atomic E-state index is 10.0. The molecule has 1 N–H and O–H groups in total. The Hall–Kier alpha value is -0.290. The quantitative estimate of drug-likeness (QED) is 0.552. The summed E-state index contributed by atoms with van der Waals surface area (Å²) in [5, 5.41) is 0. The first-order valence-electron chi connectivity index (χ1n) is 1.59. The van der Waals surface area contributed by atoms with Crippen LogP contribution in [0.3, 0.4) is 0 Å². The highest BCUT2D eigenvalue weighted by molar-refractivity contribution is 8.07. The maximum Gasteiger partial charge on any atom is 0.419 e. The van der Waals surface area contributed by atoms with Gasteiger partial charge in [0.2, 0.25) is 10.2 Å². The van der Waals surface area contributed by atoms with Crippen molar-refractivity contribution in [3.63, 3.8) is 0 Å². The molecular weight excluding hydrogens is 154 g/mol. The van der Waals surface area contributed by atoms with E-state index in [1.54, 1.807) is 4.72 Å². The Morgan fingerprint density at radius 1 is 1.88 bits per heavy atom. The number of hydrogen-bond acceptors (Lipinski definition) is 3. The van der Waals surface area contributed by atoms with Gasteiger partial charge in [-0.15, -0.1) is 0 Å². The Morgan fingerprint density at radius 3 is 2.50 bits per heavy atom. The van der Waals surface area contributed by atoms with Gasteiger partial charge >= 0.3 is 6.09 Å². The summed E-state index contributed by atoms with van der Waals surface area (Å²) < 4.78 is 15.7. The second-order valence-electron chi connectivity index (χ2n) is 0.817.